The fraction of sp³-hybridized carbons (Fsp3) is 0.462. The van der Waals surface area contributed by atoms with Crippen LogP contribution in [-0.4, -0.2) is 24.3 Å². The van der Waals surface area contributed by atoms with Crippen molar-refractivity contribution < 1.29 is 19.4 Å². The molecule has 1 rings (SSSR count). The van der Waals surface area contributed by atoms with Crippen LogP contribution in [0.5, 0.6) is 5.75 Å². The van der Waals surface area contributed by atoms with E-state index in [1.165, 1.54) is 0 Å². The molecule has 1 aromatic rings. The molecular weight excluding hydrogens is 220 g/mol. The third-order valence-electron chi connectivity index (χ3n) is 2.24. The van der Waals surface area contributed by atoms with Crippen molar-refractivity contribution in [3.63, 3.8) is 0 Å². The lowest BCUT2D eigenvalue weighted by atomic mass is 10.1. The zero-order valence-electron chi connectivity index (χ0n) is 10.2. The molecule has 4 nitrogen and oxygen atoms in total. The first-order valence-electron chi connectivity index (χ1n) is 5.74. The van der Waals surface area contributed by atoms with Gasteiger partial charge in [0, 0.05) is 5.56 Å². The van der Waals surface area contributed by atoms with E-state index in [2.05, 4.69) is 0 Å². The molecule has 0 aromatic heterocycles. The van der Waals surface area contributed by atoms with Crippen molar-refractivity contribution in [2.45, 2.75) is 26.4 Å². The van der Waals surface area contributed by atoms with Gasteiger partial charge in [0.25, 0.3) is 0 Å². The van der Waals surface area contributed by atoms with Crippen molar-refractivity contribution in [1.82, 2.24) is 0 Å². The summed E-state index contributed by atoms with van der Waals surface area (Å²) in [7, 11) is 0. The number of hydrogen-bond acceptors (Lipinski definition) is 4. The van der Waals surface area contributed by atoms with Gasteiger partial charge < -0.3 is 14.6 Å². The molecule has 0 heterocycles. The summed E-state index contributed by atoms with van der Waals surface area (Å²) < 4.78 is 10.2. The highest BCUT2D eigenvalue weighted by molar-refractivity contribution is 5.70. The normalized spacial score (nSPS) is 11.9. The van der Waals surface area contributed by atoms with Gasteiger partial charge in [-0.05, 0) is 19.9 Å². The Morgan fingerprint density at radius 3 is 2.65 bits per heavy atom. The zero-order chi connectivity index (χ0) is 12.7. The van der Waals surface area contributed by atoms with Crippen LogP contribution in [0.3, 0.4) is 0 Å². The van der Waals surface area contributed by atoms with Crippen molar-refractivity contribution in [2.24, 2.45) is 0 Å². The Balaban J connectivity index is 2.73. The molecule has 0 saturated carbocycles. The standard InChI is InChI=1S/C13H18O4/c1-3-16-12-8-6-5-7-10(12)11(14)9-13(15)17-4-2/h5-8,11,14H,3-4,9H2,1-2H3. The van der Waals surface area contributed by atoms with Crippen LogP contribution in [-0.2, 0) is 9.53 Å². The average molecular weight is 238 g/mol. The molecule has 1 N–H and O–H groups in total. The molecule has 17 heavy (non-hydrogen) atoms. The first kappa shape index (κ1) is 13.5. The number of para-hydroxylation sites is 1. The maximum atomic E-state index is 11.3. The number of rotatable bonds is 6. The monoisotopic (exact) mass is 238 g/mol. The number of esters is 1. The molecule has 94 valence electrons. The van der Waals surface area contributed by atoms with Gasteiger partial charge in [0.05, 0.1) is 25.7 Å². The Bertz CT molecular complexity index is 362. The Morgan fingerprint density at radius 1 is 1.29 bits per heavy atom. The summed E-state index contributed by atoms with van der Waals surface area (Å²) in [6.45, 7) is 4.44. The van der Waals surface area contributed by atoms with E-state index in [1.807, 2.05) is 13.0 Å². The van der Waals surface area contributed by atoms with Gasteiger partial charge in [0.15, 0.2) is 0 Å². The van der Waals surface area contributed by atoms with Gasteiger partial charge in [0.2, 0.25) is 0 Å². The van der Waals surface area contributed by atoms with E-state index < -0.39 is 12.1 Å². The molecule has 0 aliphatic rings. The lowest BCUT2D eigenvalue weighted by molar-refractivity contribution is -0.145. The van der Waals surface area contributed by atoms with Crippen LogP contribution in [0.1, 0.15) is 31.9 Å². The van der Waals surface area contributed by atoms with E-state index >= 15 is 0 Å². The highest BCUT2D eigenvalue weighted by Crippen LogP contribution is 2.27. The molecule has 0 aliphatic carbocycles. The van der Waals surface area contributed by atoms with Crippen molar-refractivity contribution in [2.75, 3.05) is 13.2 Å². The van der Waals surface area contributed by atoms with Crippen LogP contribution < -0.4 is 4.74 Å². The van der Waals surface area contributed by atoms with Crippen LogP contribution >= 0.6 is 0 Å². The maximum Gasteiger partial charge on any atom is 0.308 e. The van der Waals surface area contributed by atoms with E-state index in [0.717, 1.165) is 0 Å². The van der Waals surface area contributed by atoms with Crippen molar-refractivity contribution in [1.29, 1.82) is 0 Å². The highest BCUT2D eigenvalue weighted by atomic mass is 16.5. The molecule has 0 saturated heterocycles. The number of aliphatic hydroxyl groups is 1. The lowest BCUT2D eigenvalue weighted by Gasteiger charge is -2.14. The van der Waals surface area contributed by atoms with Gasteiger partial charge in [-0.2, -0.15) is 0 Å². The van der Waals surface area contributed by atoms with Crippen LogP contribution in [0.2, 0.25) is 0 Å². The molecule has 0 fully saturated rings. The number of ether oxygens (including phenoxy) is 2. The summed E-state index contributed by atoms with van der Waals surface area (Å²) >= 11 is 0. The number of hydrogen-bond donors (Lipinski definition) is 1. The van der Waals surface area contributed by atoms with Gasteiger partial charge in [-0.3, -0.25) is 4.79 Å². The lowest BCUT2D eigenvalue weighted by Crippen LogP contribution is -2.11. The second kappa shape index (κ2) is 6.91. The summed E-state index contributed by atoms with van der Waals surface area (Å²) in [5.41, 5.74) is 0.613. The fourth-order valence-electron chi connectivity index (χ4n) is 1.53. The maximum absolute atomic E-state index is 11.3. The Hall–Kier alpha value is -1.55. The minimum absolute atomic E-state index is 0.0576. The number of benzene rings is 1. The van der Waals surface area contributed by atoms with Gasteiger partial charge >= 0.3 is 5.97 Å². The van der Waals surface area contributed by atoms with E-state index in [9.17, 15) is 9.90 Å². The van der Waals surface area contributed by atoms with E-state index in [4.69, 9.17) is 9.47 Å². The molecular formula is C13H18O4. The van der Waals surface area contributed by atoms with Gasteiger partial charge in [-0.1, -0.05) is 18.2 Å². The molecule has 4 heteroatoms. The summed E-state index contributed by atoms with van der Waals surface area (Å²) in [6, 6.07) is 7.14. The topological polar surface area (TPSA) is 55.8 Å². The quantitative estimate of drug-likeness (QED) is 0.771. The summed E-state index contributed by atoms with van der Waals surface area (Å²) in [4.78, 5) is 11.3. The van der Waals surface area contributed by atoms with Crippen LogP contribution in [0, 0.1) is 0 Å². The molecule has 0 spiro atoms. The fourth-order valence-corrected chi connectivity index (χ4v) is 1.53. The molecule has 0 aliphatic heterocycles. The van der Waals surface area contributed by atoms with Crippen LogP contribution in [0.4, 0.5) is 0 Å². The number of carbonyl (C=O) groups excluding carboxylic acids is 1. The Morgan fingerprint density at radius 2 is 2.00 bits per heavy atom. The molecule has 1 aromatic carbocycles. The molecule has 0 amide bonds. The Labute approximate surface area is 101 Å². The van der Waals surface area contributed by atoms with Gasteiger partial charge in [-0.25, -0.2) is 0 Å². The zero-order valence-corrected chi connectivity index (χ0v) is 10.2. The highest BCUT2D eigenvalue weighted by Gasteiger charge is 2.17. The second-order valence-electron chi connectivity index (χ2n) is 3.50. The van der Waals surface area contributed by atoms with E-state index in [1.54, 1.807) is 25.1 Å². The predicted molar refractivity (Wildman–Crippen MR) is 63.8 cm³/mol. The van der Waals surface area contributed by atoms with Crippen molar-refractivity contribution in [3.8, 4) is 5.75 Å². The molecule has 1 atom stereocenters. The second-order valence-corrected chi connectivity index (χ2v) is 3.50. The molecule has 0 bridgehead atoms. The van der Waals surface area contributed by atoms with Crippen molar-refractivity contribution >= 4 is 5.97 Å². The molecule has 1 unspecified atom stereocenters. The SMILES string of the molecule is CCOC(=O)CC(O)c1ccccc1OCC. The number of aliphatic hydroxyl groups excluding tert-OH is 1. The van der Waals surface area contributed by atoms with Crippen LogP contribution in [0.25, 0.3) is 0 Å². The van der Waals surface area contributed by atoms with Gasteiger partial charge in [0.1, 0.15) is 5.75 Å². The third-order valence-corrected chi connectivity index (χ3v) is 2.24. The van der Waals surface area contributed by atoms with Crippen molar-refractivity contribution in [3.05, 3.63) is 29.8 Å². The first-order chi connectivity index (χ1) is 8.19. The molecule has 0 radical (unpaired) electrons. The summed E-state index contributed by atoms with van der Waals surface area (Å²) in [5.74, 6) is 0.193. The summed E-state index contributed by atoms with van der Waals surface area (Å²) in [5, 5.41) is 9.94. The van der Waals surface area contributed by atoms with Gasteiger partial charge in [-0.15, -0.1) is 0 Å². The van der Waals surface area contributed by atoms with Crippen LogP contribution in [0.15, 0.2) is 24.3 Å². The third kappa shape index (κ3) is 4.07. The largest absolute Gasteiger partial charge is 0.493 e. The Kier molecular flexibility index (Phi) is 5.49. The predicted octanol–water partition coefficient (Wildman–Crippen LogP) is 2.07. The smallest absolute Gasteiger partial charge is 0.308 e. The van der Waals surface area contributed by atoms with E-state index in [0.29, 0.717) is 24.5 Å². The van der Waals surface area contributed by atoms with E-state index in [-0.39, 0.29) is 6.42 Å². The minimum Gasteiger partial charge on any atom is -0.493 e. The first-order valence-corrected chi connectivity index (χ1v) is 5.74. The average Bonchev–Trinajstić information content (AvgIpc) is 2.30. The minimum atomic E-state index is -0.892. The number of carbonyl (C=O) groups is 1. The summed E-state index contributed by atoms with van der Waals surface area (Å²) in [6.07, 6.45) is -0.949.